The number of hydrogen-bond donors (Lipinski definition) is 2. The second kappa shape index (κ2) is 11.0. The standard InChI is InChI=1S/C22H23Cl3N4O4/c1-4-29-10-17(19(28-29)22(31)26-9-12(2)3)27-21(30)18-6-5-14(33-18)11-32-20-15(24)7-13(23)8-16(20)25/h5-8,10,12H,4,9,11H2,1-3H3,(H,26,31)(H,27,30). The van der Waals surface area contributed by atoms with Gasteiger partial charge < -0.3 is 19.8 Å². The average molecular weight is 514 g/mol. The van der Waals surface area contributed by atoms with Crippen LogP contribution in [0.25, 0.3) is 0 Å². The van der Waals surface area contributed by atoms with Gasteiger partial charge in [0.25, 0.3) is 11.8 Å². The van der Waals surface area contributed by atoms with Crippen LogP contribution >= 0.6 is 34.8 Å². The number of furan rings is 1. The van der Waals surface area contributed by atoms with Gasteiger partial charge in [0.2, 0.25) is 0 Å². The summed E-state index contributed by atoms with van der Waals surface area (Å²) in [6.45, 7) is 6.88. The van der Waals surface area contributed by atoms with Crippen molar-refractivity contribution in [1.82, 2.24) is 15.1 Å². The minimum atomic E-state index is -0.530. The normalized spacial score (nSPS) is 11.0. The maximum Gasteiger partial charge on any atom is 0.291 e. The molecule has 2 amide bonds. The maximum absolute atomic E-state index is 12.7. The number of carbonyl (C=O) groups excluding carboxylic acids is 2. The molecule has 3 aromatic rings. The highest BCUT2D eigenvalue weighted by atomic mass is 35.5. The Hall–Kier alpha value is -2.68. The lowest BCUT2D eigenvalue weighted by molar-refractivity contribution is 0.0944. The van der Waals surface area contributed by atoms with Gasteiger partial charge in [-0.05, 0) is 37.1 Å². The van der Waals surface area contributed by atoms with E-state index in [1.807, 2.05) is 20.8 Å². The van der Waals surface area contributed by atoms with Crippen LogP contribution in [0.5, 0.6) is 5.75 Å². The monoisotopic (exact) mass is 512 g/mol. The molecule has 0 unspecified atom stereocenters. The summed E-state index contributed by atoms with van der Waals surface area (Å²) in [5, 5.41) is 10.6. The van der Waals surface area contributed by atoms with E-state index in [1.54, 1.807) is 16.9 Å². The van der Waals surface area contributed by atoms with Crippen LogP contribution in [0.2, 0.25) is 15.1 Å². The van der Waals surface area contributed by atoms with Gasteiger partial charge in [0, 0.05) is 24.3 Å². The van der Waals surface area contributed by atoms with E-state index in [-0.39, 0.29) is 51.4 Å². The number of hydrogen-bond acceptors (Lipinski definition) is 5. The quantitative estimate of drug-likeness (QED) is 0.384. The lowest BCUT2D eigenvalue weighted by Gasteiger charge is -2.09. The molecule has 0 fully saturated rings. The van der Waals surface area contributed by atoms with Crippen molar-refractivity contribution in [3.05, 3.63) is 62.7 Å². The number of aryl methyl sites for hydroxylation is 1. The van der Waals surface area contributed by atoms with Crippen LogP contribution < -0.4 is 15.4 Å². The van der Waals surface area contributed by atoms with Gasteiger partial charge in [0.1, 0.15) is 12.4 Å². The van der Waals surface area contributed by atoms with Crippen LogP contribution in [-0.4, -0.2) is 28.1 Å². The Bertz CT molecular complexity index is 1130. The summed E-state index contributed by atoms with van der Waals surface area (Å²) in [5.74, 6) is 0.0608. The van der Waals surface area contributed by atoms with Gasteiger partial charge in [0.15, 0.2) is 17.2 Å². The first kappa shape index (κ1) is 25.0. The zero-order chi connectivity index (χ0) is 24.1. The zero-order valence-corrected chi connectivity index (χ0v) is 20.5. The number of rotatable bonds is 9. The van der Waals surface area contributed by atoms with Gasteiger partial charge in [-0.2, -0.15) is 5.10 Å². The van der Waals surface area contributed by atoms with Crippen LogP contribution in [0.3, 0.4) is 0 Å². The number of carbonyl (C=O) groups is 2. The molecule has 2 aromatic heterocycles. The van der Waals surface area contributed by atoms with Crippen LogP contribution in [-0.2, 0) is 13.2 Å². The van der Waals surface area contributed by atoms with Crippen LogP contribution in [0.15, 0.2) is 34.9 Å². The van der Waals surface area contributed by atoms with E-state index >= 15 is 0 Å². The van der Waals surface area contributed by atoms with Crippen molar-refractivity contribution in [1.29, 1.82) is 0 Å². The summed E-state index contributed by atoms with van der Waals surface area (Å²) < 4.78 is 12.8. The smallest absolute Gasteiger partial charge is 0.291 e. The molecule has 176 valence electrons. The van der Waals surface area contributed by atoms with Crippen molar-refractivity contribution in [2.45, 2.75) is 33.9 Å². The van der Waals surface area contributed by atoms with Crippen molar-refractivity contribution < 1.29 is 18.7 Å². The number of halogens is 3. The fraction of sp³-hybridized carbons (Fsp3) is 0.318. The minimum absolute atomic E-state index is 0.00895. The van der Waals surface area contributed by atoms with E-state index < -0.39 is 5.91 Å². The highest BCUT2D eigenvalue weighted by Crippen LogP contribution is 2.36. The molecule has 0 saturated carbocycles. The summed E-state index contributed by atoms with van der Waals surface area (Å²) in [6, 6.07) is 6.12. The first-order chi connectivity index (χ1) is 15.7. The molecule has 2 N–H and O–H groups in total. The predicted octanol–water partition coefficient (Wildman–Crippen LogP) is 5.67. The molecule has 33 heavy (non-hydrogen) atoms. The van der Waals surface area contributed by atoms with Crippen molar-refractivity contribution >= 4 is 52.3 Å². The Labute approximate surface area is 206 Å². The first-order valence-corrected chi connectivity index (χ1v) is 11.3. The molecule has 0 aliphatic heterocycles. The third-order valence-corrected chi connectivity index (χ3v) is 5.21. The number of nitrogens with zero attached hydrogens (tertiary/aromatic N) is 2. The van der Waals surface area contributed by atoms with Crippen LogP contribution in [0.1, 0.15) is 47.6 Å². The van der Waals surface area contributed by atoms with E-state index in [0.717, 1.165) is 0 Å². The fourth-order valence-electron chi connectivity index (χ4n) is 2.79. The number of ether oxygens (including phenoxy) is 1. The van der Waals surface area contributed by atoms with Crippen molar-refractivity contribution in [3.8, 4) is 5.75 Å². The van der Waals surface area contributed by atoms with Crippen molar-refractivity contribution in [2.75, 3.05) is 11.9 Å². The van der Waals surface area contributed by atoms with Crippen molar-refractivity contribution in [3.63, 3.8) is 0 Å². The van der Waals surface area contributed by atoms with E-state index in [4.69, 9.17) is 44.0 Å². The van der Waals surface area contributed by atoms with Gasteiger partial charge in [-0.25, -0.2) is 0 Å². The highest BCUT2D eigenvalue weighted by Gasteiger charge is 2.21. The zero-order valence-electron chi connectivity index (χ0n) is 18.2. The Balaban J connectivity index is 1.69. The Kier molecular flexibility index (Phi) is 8.29. The highest BCUT2D eigenvalue weighted by molar-refractivity contribution is 6.40. The summed E-state index contributed by atoms with van der Waals surface area (Å²) >= 11 is 18.1. The second-order valence-corrected chi connectivity index (χ2v) is 8.81. The van der Waals surface area contributed by atoms with Gasteiger partial charge in [-0.1, -0.05) is 48.7 Å². The molecule has 3 rings (SSSR count). The van der Waals surface area contributed by atoms with Crippen LogP contribution in [0, 0.1) is 5.92 Å². The topological polar surface area (TPSA) is 98.4 Å². The largest absolute Gasteiger partial charge is 0.483 e. The third kappa shape index (κ3) is 6.43. The number of aromatic nitrogens is 2. The number of nitrogens with one attached hydrogen (secondary N) is 2. The summed E-state index contributed by atoms with van der Waals surface area (Å²) in [7, 11) is 0. The minimum Gasteiger partial charge on any atom is -0.483 e. The summed E-state index contributed by atoms with van der Waals surface area (Å²) in [5.41, 5.74) is 0.421. The van der Waals surface area contributed by atoms with Crippen LogP contribution in [0.4, 0.5) is 5.69 Å². The maximum atomic E-state index is 12.7. The molecule has 0 aliphatic rings. The molecule has 8 nitrogen and oxygen atoms in total. The molecular formula is C22H23Cl3N4O4. The number of benzene rings is 1. The molecule has 0 aliphatic carbocycles. The molecule has 11 heteroatoms. The molecule has 0 atom stereocenters. The Morgan fingerprint density at radius 3 is 2.48 bits per heavy atom. The third-order valence-electron chi connectivity index (χ3n) is 4.43. The van der Waals surface area contributed by atoms with Gasteiger partial charge >= 0.3 is 0 Å². The molecule has 2 heterocycles. The lowest BCUT2D eigenvalue weighted by Crippen LogP contribution is -2.28. The van der Waals surface area contributed by atoms with E-state index in [1.165, 1.54) is 18.2 Å². The first-order valence-electron chi connectivity index (χ1n) is 10.2. The lowest BCUT2D eigenvalue weighted by atomic mass is 10.2. The average Bonchev–Trinajstić information content (AvgIpc) is 3.38. The van der Waals surface area contributed by atoms with Gasteiger partial charge in [-0.3, -0.25) is 14.3 Å². The molecule has 0 radical (unpaired) electrons. The Morgan fingerprint density at radius 2 is 1.85 bits per heavy atom. The molecule has 0 spiro atoms. The number of anilines is 1. The number of amides is 2. The van der Waals surface area contributed by atoms with Crippen molar-refractivity contribution in [2.24, 2.45) is 5.92 Å². The molecular weight excluding hydrogens is 491 g/mol. The summed E-state index contributed by atoms with van der Waals surface area (Å²) in [6.07, 6.45) is 1.60. The van der Waals surface area contributed by atoms with Gasteiger partial charge in [-0.15, -0.1) is 0 Å². The fourth-order valence-corrected chi connectivity index (χ4v) is 3.72. The van der Waals surface area contributed by atoms with E-state index in [0.29, 0.717) is 23.9 Å². The van der Waals surface area contributed by atoms with Gasteiger partial charge in [0.05, 0.1) is 15.7 Å². The predicted molar refractivity (Wildman–Crippen MR) is 128 cm³/mol. The Morgan fingerprint density at radius 1 is 1.15 bits per heavy atom. The SMILES string of the molecule is CCn1cc(NC(=O)c2ccc(COc3c(Cl)cc(Cl)cc3Cl)o2)c(C(=O)NCC(C)C)n1. The summed E-state index contributed by atoms with van der Waals surface area (Å²) in [4.78, 5) is 25.2. The molecule has 1 aromatic carbocycles. The van der Waals surface area contributed by atoms with E-state index in [2.05, 4.69) is 15.7 Å². The van der Waals surface area contributed by atoms with E-state index in [9.17, 15) is 9.59 Å². The molecule has 0 saturated heterocycles. The second-order valence-electron chi connectivity index (χ2n) is 7.56. The molecule has 0 bridgehead atoms.